The van der Waals surface area contributed by atoms with Crippen LogP contribution >= 0.6 is 27.5 Å². The van der Waals surface area contributed by atoms with Gasteiger partial charge < -0.3 is 5.73 Å². The SMILES string of the molecule is CCc1nn(C)c(CC(N)c2ccc(F)c(Br)c2)c1Cl. The number of benzene rings is 1. The molecule has 3 nitrogen and oxygen atoms in total. The van der Waals surface area contributed by atoms with Gasteiger partial charge in [0.15, 0.2) is 0 Å². The minimum absolute atomic E-state index is 0.260. The summed E-state index contributed by atoms with van der Waals surface area (Å²) < 4.78 is 15.4. The fraction of sp³-hybridized carbons (Fsp3) is 0.357. The zero-order chi connectivity index (χ0) is 14.9. The third-order valence-corrected chi connectivity index (χ3v) is 4.33. The van der Waals surface area contributed by atoms with Gasteiger partial charge in [0.1, 0.15) is 5.82 Å². The summed E-state index contributed by atoms with van der Waals surface area (Å²) in [4.78, 5) is 0. The maximum atomic E-state index is 13.2. The number of aryl methyl sites for hydroxylation is 2. The second-order valence-electron chi connectivity index (χ2n) is 4.67. The zero-order valence-electron chi connectivity index (χ0n) is 11.3. The van der Waals surface area contributed by atoms with Gasteiger partial charge >= 0.3 is 0 Å². The maximum Gasteiger partial charge on any atom is 0.137 e. The van der Waals surface area contributed by atoms with E-state index in [2.05, 4.69) is 21.0 Å². The molecule has 0 saturated carbocycles. The topological polar surface area (TPSA) is 43.8 Å². The van der Waals surface area contributed by atoms with E-state index in [1.807, 2.05) is 14.0 Å². The van der Waals surface area contributed by atoms with Crippen LogP contribution in [0.3, 0.4) is 0 Å². The molecule has 2 N–H and O–H groups in total. The summed E-state index contributed by atoms with van der Waals surface area (Å²) in [7, 11) is 1.85. The van der Waals surface area contributed by atoms with Crippen molar-refractivity contribution < 1.29 is 4.39 Å². The molecule has 20 heavy (non-hydrogen) atoms. The third-order valence-electron chi connectivity index (χ3n) is 3.29. The summed E-state index contributed by atoms with van der Waals surface area (Å²) in [6, 6.07) is 4.53. The molecular formula is C14H16BrClFN3. The van der Waals surface area contributed by atoms with Gasteiger partial charge in [-0.1, -0.05) is 24.6 Å². The number of hydrogen-bond donors (Lipinski definition) is 1. The normalized spacial score (nSPS) is 12.7. The van der Waals surface area contributed by atoms with Gasteiger partial charge in [-0.2, -0.15) is 5.10 Å². The van der Waals surface area contributed by atoms with Crippen LogP contribution in [0.1, 0.15) is 29.9 Å². The molecule has 2 rings (SSSR count). The van der Waals surface area contributed by atoms with Crippen LogP contribution in [0, 0.1) is 5.82 Å². The average Bonchev–Trinajstić information content (AvgIpc) is 2.69. The van der Waals surface area contributed by atoms with E-state index in [4.69, 9.17) is 17.3 Å². The van der Waals surface area contributed by atoms with E-state index in [1.54, 1.807) is 16.8 Å². The van der Waals surface area contributed by atoms with Crippen molar-refractivity contribution in [3.05, 3.63) is 50.5 Å². The van der Waals surface area contributed by atoms with Crippen LogP contribution in [0.4, 0.5) is 4.39 Å². The lowest BCUT2D eigenvalue weighted by atomic mass is 10.0. The first-order chi connectivity index (χ1) is 9.43. The van der Waals surface area contributed by atoms with Crippen molar-refractivity contribution in [3.63, 3.8) is 0 Å². The molecule has 0 aliphatic heterocycles. The lowest BCUT2D eigenvalue weighted by Crippen LogP contribution is -2.15. The largest absolute Gasteiger partial charge is 0.324 e. The molecular weight excluding hydrogens is 345 g/mol. The number of nitrogens with zero attached hydrogens (tertiary/aromatic N) is 2. The molecule has 0 bridgehead atoms. The summed E-state index contributed by atoms with van der Waals surface area (Å²) in [5, 5.41) is 5.04. The predicted octanol–water partition coefficient (Wildman–Crippen LogP) is 3.78. The van der Waals surface area contributed by atoms with Crippen LogP contribution in [0.25, 0.3) is 0 Å². The summed E-state index contributed by atoms with van der Waals surface area (Å²) in [5.74, 6) is -0.298. The Labute approximate surface area is 131 Å². The molecule has 2 aromatic rings. The van der Waals surface area contributed by atoms with Crippen LogP contribution < -0.4 is 5.73 Å². The van der Waals surface area contributed by atoms with E-state index >= 15 is 0 Å². The number of hydrogen-bond acceptors (Lipinski definition) is 2. The Morgan fingerprint density at radius 3 is 2.75 bits per heavy atom. The predicted molar refractivity (Wildman–Crippen MR) is 82.3 cm³/mol. The molecule has 6 heteroatoms. The molecule has 0 radical (unpaired) electrons. The molecule has 0 aliphatic carbocycles. The Bertz CT molecular complexity index is 627. The molecule has 1 unspecified atom stereocenters. The standard InChI is InChI=1S/C14H16BrClFN3/c1-3-12-14(16)13(20(2)19-12)7-11(18)8-4-5-10(17)9(15)6-8/h4-6,11H,3,7,18H2,1-2H3. The summed E-state index contributed by atoms with van der Waals surface area (Å²) >= 11 is 9.48. The first-order valence-corrected chi connectivity index (χ1v) is 7.51. The molecule has 1 aromatic heterocycles. The van der Waals surface area contributed by atoms with Crippen LogP contribution in [0.15, 0.2) is 22.7 Å². The Morgan fingerprint density at radius 1 is 1.50 bits per heavy atom. The molecule has 1 aromatic carbocycles. The Kier molecular flexibility index (Phi) is 4.83. The quantitative estimate of drug-likeness (QED) is 0.902. The first-order valence-electron chi connectivity index (χ1n) is 6.34. The molecule has 0 fully saturated rings. The fourth-order valence-corrected chi connectivity index (χ4v) is 2.88. The van der Waals surface area contributed by atoms with Crippen molar-refractivity contribution in [2.24, 2.45) is 12.8 Å². The summed E-state index contributed by atoms with van der Waals surface area (Å²) in [6.07, 6.45) is 1.34. The highest BCUT2D eigenvalue weighted by Gasteiger charge is 2.17. The van der Waals surface area contributed by atoms with Crippen molar-refractivity contribution in [3.8, 4) is 0 Å². The van der Waals surface area contributed by atoms with Crippen LogP contribution in [0.2, 0.25) is 5.02 Å². The van der Waals surface area contributed by atoms with E-state index < -0.39 is 0 Å². The zero-order valence-corrected chi connectivity index (χ0v) is 13.7. The minimum Gasteiger partial charge on any atom is -0.324 e. The van der Waals surface area contributed by atoms with E-state index in [1.165, 1.54) is 6.07 Å². The van der Waals surface area contributed by atoms with Gasteiger partial charge in [-0.05, 0) is 40.0 Å². The van der Waals surface area contributed by atoms with E-state index in [0.717, 1.165) is 23.4 Å². The van der Waals surface area contributed by atoms with Gasteiger partial charge in [0, 0.05) is 19.5 Å². The maximum absolute atomic E-state index is 13.2. The molecule has 0 saturated heterocycles. The lowest BCUT2D eigenvalue weighted by Gasteiger charge is -2.13. The second-order valence-corrected chi connectivity index (χ2v) is 5.90. The highest BCUT2D eigenvalue weighted by atomic mass is 79.9. The van der Waals surface area contributed by atoms with E-state index in [0.29, 0.717) is 15.9 Å². The average molecular weight is 361 g/mol. The summed E-state index contributed by atoms with van der Waals surface area (Å²) in [6.45, 7) is 2.01. The van der Waals surface area contributed by atoms with Gasteiger partial charge in [0.05, 0.1) is 20.9 Å². The number of aromatic nitrogens is 2. The van der Waals surface area contributed by atoms with Crippen molar-refractivity contribution in [1.82, 2.24) is 9.78 Å². The second kappa shape index (κ2) is 6.24. The third kappa shape index (κ3) is 3.05. The van der Waals surface area contributed by atoms with E-state index in [-0.39, 0.29) is 11.9 Å². The van der Waals surface area contributed by atoms with Crippen molar-refractivity contribution in [1.29, 1.82) is 0 Å². The number of halogens is 3. The number of nitrogens with two attached hydrogens (primary N) is 1. The van der Waals surface area contributed by atoms with Gasteiger partial charge in [0.25, 0.3) is 0 Å². The molecule has 0 amide bonds. The van der Waals surface area contributed by atoms with Crippen molar-refractivity contribution >= 4 is 27.5 Å². The van der Waals surface area contributed by atoms with Crippen molar-refractivity contribution in [2.75, 3.05) is 0 Å². The van der Waals surface area contributed by atoms with E-state index in [9.17, 15) is 4.39 Å². The van der Waals surface area contributed by atoms with Gasteiger partial charge in [-0.15, -0.1) is 0 Å². The van der Waals surface area contributed by atoms with Gasteiger partial charge in [0.2, 0.25) is 0 Å². The lowest BCUT2D eigenvalue weighted by molar-refractivity contribution is 0.613. The minimum atomic E-state index is -0.298. The molecule has 1 heterocycles. The van der Waals surface area contributed by atoms with Crippen LogP contribution in [-0.4, -0.2) is 9.78 Å². The Hall–Kier alpha value is -0.910. The Balaban J connectivity index is 2.25. The highest BCUT2D eigenvalue weighted by Crippen LogP contribution is 2.27. The fourth-order valence-electron chi connectivity index (χ4n) is 2.11. The van der Waals surface area contributed by atoms with Crippen molar-refractivity contribution in [2.45, 2.75) is 25.8 Å². The molecule has 1 atom stereocenters. The highest BCUT2D eigenvalue weighted by molar-refractivity contribution is 9.10. The smallest absolute Gasteiger partial charge is 0.137 e. The van der Waals surface area contributed by atoms with Crippen LogP contribution in [0.5, 0.6) is 0 Å². The molecule has 0 spiro atoms. The van der Waals surface area contributed by atoms with Crippen LogP contribution in [-0.2, 0) is 19.9 Å². The Morgan fingerprint density at radius 2 is 2.20 bits per heavy atom. The van der Waals surface area contributed by atoms with Gasteiger partial charge in [-0.25, -0.2) is 4.39 Å². The molecule has 108 valence electrons. The monoisotopic (exact) mass is 359 g/mol. The summed E-state index contributed by atoms with van der Waals surface area (Å²) in [5.41, 5.74) is 8.82. The van der Waals surface area contributed by atoms with Gasteiger partial charge in [-0.3, -0.25) is 4.68 Å². The number of rotatable bonds is 4. The first kappa shape index (κ1) is 15.5. The molecule has 0 aliphatic rings.